The van der Waals surface area contributed by atoms with Gasteiger partial charge in [-0.2, -0.15) is 0 Å². The molecule has 8 heteroatoms. The normalized spacial score (nSPS) is 18.5. The Balaban J connectivity index is 1.16. The highest BCUT2D eigenvalue weighted by Gasteiger charge is 2.32. The van der Waals surface area contributed by atoms with Gasteiger partial charge in [-0.05, 0) is 30.5 Å². The summed E-state index contributed by atoms with van der Waals surface area (Å²) in [6, 6.07) is 15.7. The lowest BCUT2D eigenvalue weighted by Gasteiger charge is -2.31. The van der Waals surface area contributed by atoms with E-state index in [2.05, 4.69) is 27.4 Å². The Kier molecular flexibility index (Phi) is 6.17. The van der Waals surface area contributed by atoms with Crippen molar-refractivity contribution >= 4 is 11.8 Å². The molecule has 1 atom stereocenters. The number of rotatable bonds is 5. The molecule has 3 aromatic rings. The van der Waals surface area contributed by atoms with Crippen molar-refractivity contribution in [1.29, 1.82) is 0 Å². The van der Waals surface area contributed by atoms with Crippen molar-refractivity contribution in [3.63, 3.8) is 0 Å². The summed E-state index contributed by atoms with van der Waals surface area (Å²) in [7, 11) is 0. The quantitative estimate of drug-likeness (QED) is 0.652. The average molecular weight is 446 g/mol. The van der Waals surface area contributed by atoms with Crippen molar-refractivity contribution < 1.29 is 14.3 Å². The van der Waals surface area contributed by atoms with Crippen molar-refractivity contribution in [2.45, 2.75) is 38.6 Å². The van der Waals surface area contributed by atoms with Crippen molar-refractivity contribution in [2.24, 2.45) is 5.92 Å². The van der Waals surface area contributed by atoms with Crippen LogP contribution < -0.4 is 5.32 Å². The first-order valence-corrected chi connectivity index (χ1v) is 11.4. The molecular weight excluding hydrogens is 418 g/mol. The molecule has 0 saturated carbocycles. The van der Waals surface area contributed by atoms with E-state index in [-0.39, 0.29) is 23.8 Å². The third-order valence-corrected chi connectivity index (χ3v) is 6.43. The van der Waals surface area contributed by atoms with Crippen LogP contribution >= 0.6 is 0 Å². The molecule has 1 unspecified atom stereocenters. The lowest BCUT2D eigenvalue weighted by molar-refractivity contribution is -0.126. The van der Waals surface area contributed by atoms with Gasteiger partial charge in [-0.25, -0.2) is 4.98 Å². The Morgan fingerprint density at radius 3 is 2.58 bits per heavy atom. The SMILES string of the molecule is O=C(NCc1ccccn1)C1CCN(C(=O)c2ncn3c2COC(c2ccccc2)C3)CC1. The minimum Gasteiger partial charge on any atom is -0.365 e. The second kappa shape index (κ2) is 9.54. The molecule has 0 radical (unpaired) electrons. The Bertz CT molecular complexity index is 1110. The van der Waals surface area contributed by atoms with Gasteiger partial charge >= 0.3 is 0 Å². The second-order valence-electron chi connectivity index (χ2n) is 8.51. The van der Waals surface area contributed by atoms with Crippen LogP contribution in [0.5, 0.6) is 0 Å². The van der Waals surface area contributed by atoms with Gasteiger partial charge in [0.1, 0.15) is 6.10 Å². The number of ether oxygens (including phenoxy) is 1. The zero-order valence-electron chi connectivity index (χ0n) is 18.4. The van der Waals surface area contributed by atoms with E-state index in [9.17, 15) is 9.59 Å². The molecule has 0 bridgehead atoms. The highest BCUT2D eigenvalue weighted by atomic mass is 16.5. The number of pyridine rings is 1. The summed E-state index contributed by atoms with van der Waals surface area (Å²) in [5.74, 6) is -0.158. The molecule has 5 rings (SSSR count). The molecule has 2 aliphatic heterocycles. The second-order valence-corrected chi connectivity index (χ2v) is 8.51. The van der Waals surface area contributed by atoms with E-state index in [1.807, 2.05) is 41.0 Å². The van der Waals surface area contributed by atoms with Crippen LogP contribution in [-0.4, -0.2) is 44.3 Å². The van der Waals surface area contributed by atoms with E-state index in [0.717, 1.165) is 17.0 Å². The van der Waals surface area contributed by atoms with Gasteiger partial charge < -0.3 is 19.5 Å². The number of aromatic nitrogens is 3. The molecule has 1 saturated heterocycles. The molecule has 1 fully saturated rings. The van der Waals surface area contributed by atoms with Crippen LogP contribution in [0.1, 0.15) is 46.4 Å². The van der Waals surface area contributed by atoms with Gasteiger partial charge in [0.25, 0.3) is 5.91 Å². The van der Waals surface area contributed by atoms with Crippen molar-refractivity contribution in [3.05, 3.63) is 83.7 Å². The van der Waals surface area contributed by atoms with Gasteiger partial charge in [-0.3, -0.25) is 14.6 Å². The number of piperidine rings is 1. The maximum absolute atomic E-state index is 13.2. The number of hydrogen-bond acceptors (Lipinski definition) is 5. The Morgan fingerprint density at radius 2 is 1.82 bits per heavy atom. The minimum absolute atomic E-state index is 0.0208. The van der Waals surface area contributed by atoms with Crippen LogP contribution in [0.4, 0.5) is 0 Å². The number of likely N-dealkylation sites (tertiary alicyclic amines) is 1. The molecule has 2 amide bonds. The van der Waals surface area contributed by atoms with Gasteiger partial charge in [-0.1, -0.05) is 36.4 Å². The zero-order valence-corrected chi connectivity index (χ0v) is 18.4. The molecule has 4 heterocycles. The molecule has 8 nitrogen and oxygen atoms in total. The molecule has 2 aliphatic rings. The summed E-state index contributed by atoms with van der Waals surface area (Å²) in [6.45, 7) is 2.50. The molecule has 33 heavy (non-hydrogen) atoms. The van der Waals surface area contributed by atoms with E-state index in [1.165, 1.54) is 0 Å². The summed E-state index contributed by atoms with van der Waals surface area (Å²) in [4.78, 5) is 36.2. The Labute approximate surface area is 192 Å². The monoisotopic (exact) mass is 445 g/mol. The lowest BCUT2D eigenvalue weighted by Crippen LogP contribution is -2.43. The summed E-state index contributed by atoms with van der Waals surface area (Å²) >= 11 is 0. The molecule has 1 N–H and O–H groups in total. The van der Waals surface area contributed by atoms with E-state index in [0.29, 0.717) is 51.3 Å². The van der Waals surface area contributed by atoms with Crippen LogP contribution in [-0.2, 0) is 29.2 Å². The number of hydrogen-bond donors (Lipinski definition) is 1. The van der Waals surface area contributed by atoms with Crippen molar-refractivity contribution in [3.8, 4) is 0 Å². The van der Waals surface area contributed by atoms with Crippen molar-refractivity contribution in [1.82, 2.24) is 24.8 Å². The van der Waals surface area contributed by atoms with Gasteiger partial charge in [0.05, 0.1) is 37.4 Å². The fourth-order valence-electron chi connectivity index (χ4n) is 4.49. The maximum atomic E-state index is 13.2. The van der Waals surface area contributed by atoms with Gasteiger partial charge in [0.2, 0.25) is 5.91 Å². The standard InChI is InChI=1S/C25H27N5O3/c31-24(27-14-20-8-4-5-11-26-20)19-9-12-29(13-10-19)25(32)23-21-16-33-22(15-30(21)17-28-23)18-6-2-1-3-7-18/h1-8,11,17,19,22H,9-10,12-16H2,(H,27,31). The Morgan fingerprint density at radius 1 is 1.03 bits per heavy atom. The van der Waals surface area contributed by atoms with Crippen LogP contribution in [0, 0.1) is 5.92 Å². The number of nitrogens with one attached hydrogen (secondary N) is 1. The molecule has 1 aromatic carbocycles. The van der Waals surface area contributed by atoms with E-state index in [4.69, 9.17) is 4.74 Å². The van der Waals surface area contributed by atoms with Gasteiger partial charge in [-0.15, -0.1) is 0 Å². The fourth-order valence-corrected chi connectivity index (χ4v) is 4.49. The van der Waals surface area contributed by atoms with Gasteiger partial charge in [0.15, 0.2) is 5.69 Å². The lowest BCUT2D eigenvalue weighted by atomic mass is 9.95. The fraction of sp³-hybridized carbons (Fsp3) is 0.360. The zero-order chi connectivity index (χ0) is 22.6. The van der Waals surface area contributed by atoms with Gasteiger partial charge in [0, 0.05) is 25.2 Å². The number of amides is 2. The third kappa shape index (κ3) is 4.66. The first-order valence-electron chi connectivity index (χ1n) is 11.4. The summed E-state index contributed by atoms with van der Waals surface area (Å²) < 4.78 is 8.07. The topological polar surface area (TPSA) is 89.4 Å². The molecule has 0 aliphatic carbocycles. The van der Waals surface area contributed by atoms with E-state index < -0.39 is 0 Å². The molecule has 170 valence electrons. The Hall–Kier alpha value is -3.52. The number of nitrogens with zero attached hydrogens (tertiary/aromatic N) is 4. The average Bonchev–Trinajstić information content (AvgIpc) is 3.31. The van der Waals surface area contributed by atoms with E-state index >= 15 is 0 Å². The summed E-state index contributed by atoms with van der Waals surface area (Å²) in [5, 5.41) is 2.96. The largest absolute Gasteiger partial charge is 0.365 e. The van der Waals surface area contributed by atoms with Crippen LogP contribution in [0.3, 0.4) is 0 Å². The van der Waals surface area contributed by atoms with Crippen molar-refractivity contribution in [2.75, 3.05) is 13.1 Å². The molecule has 2 aromatic heterocycles. The number of benzene rings is 1. The highest BCUT2D eigenvalue weighted by molar-refractivity contribution is 5.93. The number of carbonyl (C=O) groups excluding carboxylic acids is 2. The van der Waals surface area contributed by atoms with Crippen LogP contribution in [0.15, 0.2) is 61.1 Å². The molecule has 0 spiro atoms. The first kappa shape index (κ1) is 21.3. The first-order chi connectivity index (χ1) is 16.2. The number of imidazole rings is 1. The minimum atomic E-state index is -0.0939. The third-order valence-electron chi connectivity index (χ3n) is 6.43. The smallest absolute Gasteiger partial charge is 0.274 e. The number of carbonyl (C=O) groups is 2. The number of fused-ring (bicyclic) bond motifs is 1. The summed E-state index contributed by atoms with van der Waals surface area (Å²) in [5.41, 5.74) is 3.23. The predicted molar refractivity (Wildman–Crippen MR) is 121 cm³/mol. The maximum Gasteiger partial charge on any atom is 0.274 e. The highest BCUT2D eigenvalue weighted by Crippen LogP contribution is 2.28. The predicted octanol–water partition coefficient (Wildman–Crippen LogP) is 2.72. The van der Waals surface area contributed by atoms with Crippen LogP contribution in [0.25, 0.3) is 0 Å². The van der Waals surface area contributed by atoms with Crippen LogP contribution in [0.2, 0.25) is 0 Å². The molecular formula is C25H27N5O3. The van der Waals surface area contributed by atoms with E-state index in [1.54, 1.807) is 17.4 Å². The summed E-state index contributed by atoms with van der Waals surface area (Å²) in [6.07, 6.45) is 4.69.